The zero-order valence-electron chi connectivity index (χ0n) is 10.7. The molecule has 0 amide bonds. The Bertz CT molecular complexity index is 344. The van der Waals surface area contributed by atoms with Gasteiger partial charge >= 0.3 is 0 Å². The molecule has 0 radical (unpaired) electrons. The third-order valence-corrected chi connectivity index (χ3v) is 5.11. The van der Waals surface area contributed by atoms with Gasteiger partial charge in [0.2, 0.25) is 0 Å². The molecule has 0 aromatic heterocycles. The largest absolute Gasteiger partial charge is 0.357 e. The number of nitrogens with zero attached hydrogens (tertiary/aromatic N) is 1. The molecule has 5 nitrogen and oxygen atoms in total. The van der Waals surface area contributed by atoms with Crippen molar-refractivity contribution in [2.24, 2.45) is 4.99 Å². The van der Waals surface area contributed by atoms with Crippen LogP contribution in [0.3, 0.4) is 0 Å². The van der Waals surface area contributed by atoms with Crippen LogP contribution in [-0.2, 0) is 9.84 Å². The van der Waals surface area contributed by atoms with Crippen molar-refractivity contribution in [3.05, 3.63) is 0 Å². The van der Waals surface area contributed by atoms with Crippen LogP contribution < -0.4 is 10.6 Å². The van der Waals surface area contributed by atoms with Gasteiger partial charge < -0.3 is 10.6 Å². The lowest BCUT2D eigenvalue weighted by Gasteiger charge is -2.21. The summed E-state index contributed by atoms with van der Waals surface area (Å²) in [7, 11) is -2.91. The topological polar surface area (TPSA) is 70.6 Å². The van der Waals surface area contributed by atoms with Crippen LogP contribution in [0, 0.1) is 0 Å². The maximum Gasteiger partial charge on any atom is 0.191 e. The molecule has 0 aromatic carbocycles. The molecular weight excluding hydrogens is 238 g/mol. The van der Waals surface area contributed by atoms with E-state index in [4.69, 9.17) is 0 Å². The zero-order chi connectivity index (χ0) is 12.7. The molecule has 2 N–H and O–H groups in total. The number of nitrogens with one attached hydrogen (secondary N) is 2. The van der Waals surface area contributed by atoms with Crippen molar-refractivity contribution < 1.29 is 8.42 Å². The minimum absolute atomic E-state index is 0.288. The van der Waals surface area contributed by atoms with Crippen molar-refractivity contribution in [3.8, 4) is 0 Å². The quantitative estimate of drug-likeness (QED) is 0.572. The molecule has 6 heteroatoms. The Morgan fingerprint density at radius 2 is 1.88 bits per heavy atom. The summed E-state index contributed by atoms with van der Waals surface area (Å²) in [5.74, 6) is 1.03. The van der Waals surface area contributed by atoms with E-state index in [9.17, 15) is 8.42 Å². The molecule has 100 valence electrons. The molecule has 1 saturated heterocycles. The first-order valence-electron chi connectivity index (χ1n) is 6.34. The minimum Gasteiger partial charge on any atom is -0.357 e. The minimum atomic E-state index is -2.91. The van der Waals surface area contributed by atoms with E-state index >= 15 is 0 Å². The SMILES string of the molecule is CCNC(=NCC1CCCCS1(=O)=O)NCC. The van der Waals surface area contributed by atoms with Gasteiger partial charge in [-0.05, 0) is 26.7 Å². The average molecular weight is 261 g/mol. The van der Waals surface area contributed by atoms with E-state index in [0.717, 1.165) is 32.4 Å². The molecule has 0 aliphatic carbocycles. The van der Waals surface area contributed by atoms with Gasteiger partial charge in [-0.25, -0.2) is 8.42 Å². The Kier molecular flexibility index (Phi) is 5.74. The number of hydrogen-bond acceptors (Lipinski definition) is 3. The van der Waals surface area contributed by atoms with Gasteiger partial charge in [-0.1, -0.05) is 6.42 Å². The highest BCUT2D eigenvalue weighted by molar-refractivity contribution is 7.92. The first kappa shape index (κ1) is 14.3. The summed E-state index contributed by atoms with van der Waals surface area (Å²) in [5.41, 5.74) is 0. The van der Waals surface area contributed by atoms with Gasteiger partial charge in [0.15, 0.2) is 15.8 Å². The normalized spacial score (nSPS) is 22.8. The summed E-state index contributed by atoms with van der Waals surface area (Å²) in [5, 5.41) is 5.90. The third kappa shape index (κ3) is 4.53. The van der Waals surface area contributed by atoms with Gasteiger partial charge in [-0.2, -0.15) is 0 Å². The molecule has 1 unspecified atom stereocenters. The predicted octanol–water partition coefficient (Wildman–Crippen LogP) is 0.529. The van der Waals surface area contributed by atoms with Crippen LogP contribution in [-0.4, -0.2) is 45.0 Å². The van der Waals surface area contributed by atoms with Crippen molar-refractivity contribution in [3.63, 3.8) is 0 Å². The summed E-state index contributed by atoms with van der Waals surface area (Å²) in [6.45, 7) is 5.92. The van der Waals surface area contributed by atoms with E-state index < -0.39 is 9.84 Å². The first-order valence-corrected chi connectivity index (χ1v) is 8.05. The van der Waals surface area contributed by atoms with E-state index in [1.165, 1.54) is 0 Å². The average Bonchev–Trinajstić information content (AvgIpc) is 2.27. The Labute approximate surface area is 104 Å². The number of aliphatic imine (C=N–C) groups is 1. The van der Waals surface area contributed by atoms with Crippen molar-refractivity contribution in [2.45, 2.75) is 38.4 Å². The highest BCUT2D eigenvalue weighted by Gasteiger charge is 2.28. The second kappa shape index (κ2) is 6.83. The van der Waals surface area contributed by atoms with Crippen LogP contribution >= 0.6 is 0 Å². The lowest BCUT2D eigenvalue weighted by molar-refractivity contribution is 0.541. The Hall–Kier alpha value is -0.780. The lowest BCUT2D eigenvalue weighted by atomic mass is 10.2. The van der Waals surface area contributed by atoms with Crippen LogP contribution in [0.1, 0.15) is 33.1 Å². The van der Waals surface area contributed by atoms with Gasteiger partial charge in [0, 0.05) is 13.1 Å². The molecule has 0 saturated carbocycles. The highest BCUT2D eigenvalue weighted by atomic mass is 32.2. The second-order valence-electron chi connectivity index (χ2n) is 4.23. The van der Waals surface area contributed by atoms with Gasteiger partial charge in [0.1, 0.15) is 0 Å². The van der Waals surface area contributed by atoms with Crippen molar-refractivity contribution >= 4 is 15.8 Å². The van der Waals surface area contributed by atoms with Crippen LogP contribution in [0.4, 0.5) is 0 Å². The fourth-order valence-electron chi connectivity index (χ4n) is 1.93. The molecule has 1 rings (SSSR count). The number of hydrogen-bond donors (Lipinski definition) is 2. The van der Waals surface area contributed by atoms with E-state index in [1.807, 2.05) is 13.8 Å². The van der Waals surface area contributed by atoms with E-state index in [2.05, 4.69) is 15.6 Å². The summed E-state index contributed by atoms with van der Waals surface area (Å²) >= 11 is 0. The Morgan fingerprint density at radius 3 is 2.41 bits per heavy atom. The Morgan fingerprint density at radius 1 is 1.24 bits per heavy atom. The van der Waals surface area contributed by atoms with Crippen molar-refractivity contribution in [1.82, 2.24) is 10.6 Å². The summed E-state index contributed by atoms with van der Waals surface area (Å²) in [6.07, 6.45) is 2.55. The lowest BCUT2D eigenvalue weighted by Crippen LogP contribution is -2.39. The van der Waals surface area contributed by atoms with Gasteiger partial charge in [-0.15, -0.1) is 0 Å². The predicted molar refractivity (Wildman–Crippen MR) is 71.1 cm³/mol. The first-order chi connectivity index (χ1) is 8.10. The summed E-state index contributed by atoms with van der Waals surface area (Å²) in [4.78, 5) is 4.34. The number of rotatable bonds is 4. The maximum atomic E-state index is 11.8. The van der Waals surface area contributed by atoms with Crippen LogP contribution in [0.5, 0.6) is 0 Å². The fourth-order valence-corrected chi connectivity index (χ4v) is 3.70. The fraction of sp³-hybridized carbons (Fsp3) is 0.909. The smallest absolute Gasteiger partial charge is 0.191 e. The molecule has 0 bridgehead atoms. The van der Waals surface area contributed by atoms with E-state index in [0.29, 0.717) is 18.3 Å². The number of guanidine groups is 1. The molecule has 1 aliphatic rings. The summed E-state index contributed by atoms with van der Waals surface area (Å²) in [6, 6.07) is 0. The Balaban J connectivity index is 2.59. The highest BCUT2D eigenvalue weighted by Crippen LogP contribution is 2.19. The van der Waals surface area contributed by atoms with E-state index in [1.54, 1.807) is 0 Å². The molecule has 1 aliphatic heterocycles. The standard InChI is InChI=1S/C11H23N3O2S/c1-3-12-11(13-4-2)14-9-10-7-5-6-8-17(10,15)16/h10H,3-9H2,1-2H3,(H2,12,13,14). The summed E-state index contributed by atoms with van der Waals surface area (Å²) < 4.78 is 23.6. The molecule has 0 aromatic rings. The molecule has 1 heterocycles. The van der Waals surface area contributed by atoms with Gasteiger partial charge in [-0.3, -0.25) is 4.99 Å². The van der Waals surface area contributed by atoms with Crippen molar-refractivity contribution in [1.29, 1.82) is 0 Å². The van der Waals surface area contributed by atoms with E-state index in [-0.39, 0.29) is 5.25 Å². The molecule has 17 heavy (non-hydrogen) atoms. The van der Waals surface area contributed by atoms with Crippen LogP contribution in [0.25, 0.3) is 0 Å². The second-order valence-corrected chi connectivity index (χ2v) is 6.64. The molecule has 1 atom stereocenters. The van der Waals surface area contributed by atoms with Gasteiger partial charge in [0.25, 0.3) is 0 Å². The molecule has 0 spiro atoms. The number of sulfone groups is 1. The third-order valence-electron chi connectivity index (χ3n) is 2.85. The monoisotopic (exact) mass is 261 g/mol. The molecular formula is C11H23N3O2S. The van der Waals surface area contributed by atoms with Crippen LogP contribution in [0.15, 0.2) is 4.99 Å². The van der Waals surface area contributed by atoms with Gasteiger partial charge in [0.05, 0.1) is 17.5 Å². The zero-order valence-corrected chi connectivity index (χ0v) is 11.5. The van der Waals surface area contributed by atoms with Crippen LogP contribution in [0.2, 0.25) is 0 Å². The van der Waals surface area contributed by atoms with Crippen molar-refractivity contribution in [2.75, 3.05) is 25.4 Å². The maximum absolute atomic E-state index is 11.8. The molecule has 1 fully saturated rings.